The van der Waals surface area contributed by atoms with E-state index in [2.05, 4.69) is 13.8 Å². The molecule has 0 aliphatic carbocycles. The second-order valence-corrected chi connectivity index (χ2v) is 9.20. The SMILES string of the molecule is CCCCS(=O)(=O)N1CCC(C(=O)Oc2ccccc2C(C)CC)CC1. The number of ether oxygens (including phenoxy) is 1. The Balaban J connectivity index is 1.95. The van der Waals surface area contributed by atoms with Crippen molar-refractivity contribution in [2.75, 3.05) is 18.8 Å². The number of para-hydroxylation sites is 1. The minimum absolute atomic E-state index is 0.195. The van der Waals surface area contributed by atoms with Gasteiger partial charge in [-0.3, -0.25) is 4.79 Å². The molecule has 1 saturated heterocycles. The van der Waals surface area contributed by atoms with Crippen LogP contribution < -0.4 is 4.74 Å². The largest absolute Gasteiger partial charge is 0.426 e. The average molecular weight is 382 g/mol. The van der Waals surface area contributed by atoms with Crippen molar-refractivity contribution in [1.82, 2.24) is 4.31 Å². The van der Waals surface area contributed by atoms with E-state index in [-0.39, 0.29) is 17.6 Å². The summed E-state index contributed by atoms with van der Waals surface area (Å²) in [6.07, 6.45) is 3.56. The van der Waals surface area contributed by atoms with Crippen LogP contribution >= 0.6 is 0 Å². The van der Waals surface area contributed by atoms with Gasteiger partial charge in [-0.05, 0) is 43.2 Å². The molecule has 1 atom stereocenters. The van der Waals surface area contributed by atoms with Crippen LogP contribution in [0.15, 0.2) is 24.3 Å². The predicted molar refractivity (Wildman–Crippen MR) is 104 cm³/mol. The van der Waals surface area contributed by atoms with Gasteiger partial charge in [0.15, 0.2) is 0 Å². The third-order valence-corrected chi connectivity index (χ3v) is 7.17. The molecular formula is C20H31NO4S. The molecule has 0 aromatic heterocycles. The first-order chi connectivity index (χ1) is 12.4. The number of rotatable bonds is 8. The van der Waals surface area contributed by atoms with Crippen molar-refractivity contribution in [3.05, 3.63) is 29.8 Å². The molecule has 26 heavy (non-hydrogen) atoms. The maximum absolute atomic E-state index is 12.6. The van der Waals surface area contributed by atoms with E-state index in [1.807, 2.05) is 31.2 Å². The molecule has 1 heterocycles. The number of hydrogen-bond acceptors (Lipinski definition) is 4. The van der Waals surface area contributed by atoms with Gasteiger partial charge in [0.25, 0.3) is 0 Å². The summed E-state index contributed by atoms with van der Waals surface area (Å²) >= 11 is 0. The van der Waals surface area contributed by atoms with E-state index in [0.29, 0.717) is 44.0 Å². The second kappa shape index (κ2) is 9.51. The monoisotopic (exact) mass is 381 g/mol. The minimum Gasteiger partial charge on any atom is -0.426 e. The maximum atomic E-state index is 12.6. The van der Waals surface area contributed by atoms with Crippen LogP contribution in [-0.4, -0.2) is 37.5 Å². The molecule has 2 rings (SSSR count). The fraction of sp³-hybridized carbons (Fsp3) is 0.650. The molecule has 0 saturated carbocycles. The second-order valence-electron chi connectivity index (χ2n) is 7.11. The van der Waals surface area contributed by atoms with Crippen LogP contribution in [0.25, 0.3) is 0 Å². The van der Waals surface area contributed by atoms with E-state index in [1.165, 1.54) is 4.31 Å². The summed E-state index contributed by atoms with van der Waals surface area (Å²) in [5, 5.41) is 0. The Morgan fingerprint density at radius 3 is 2.50 bits per heavy atom. The van der Waals surface area contributed by atoms with Crippen molar-refractivity contribution in [2.24, 2.45) is 5.92 Å². The molecule has 1 fully saturated rings. The van der Waals surface area contributed by atoms with Gasteiger partial charge in [-0.2, -0.15) is 0 Å². The lowest BCUT2D eigenvalue weighted by molar-refractivity contribution is -0.140. The van der Waals surface area contributed by atoms with Gasteiger partial charge in [0.2, 0.25) is 10.0 Å². The summed E-state index contributed by atoms with van der Waals surface area (Å²) in [6, 6.07) is 7.67. The van der Waals surface area contributed by atoms with Gasteiger partial charge in [-0.1, -0.05) is 45.4 Å². The number of unbranched alkanes of at least 4 members (excludes halogenated alkanes) is 1. The molecular weight excluding hydrogens is 350 g/mol. The van der Waals surface area contributed by atoms with Crippen LogP contribution in [0.4, 0.5) is 0 Å². The third-order valence-electron chi connectivity index (χ3n) is 5.21. The van der Waals surface area contributed by atoms with Crippen molar-refractivity contribution < 1.29 is 17.9 Å². The van der Waals surface area contributed by atoms with E-state index in [1.54, 1.807) is 0 Å². The van der Waals surface area contributed by atoms with Crippen molar-refractivity contribution in [3.63, 3.8) is 0 Å². The summed E-state index contributed by atoms with van der Waals surface area (Å²) in [4.78, 5) is 12.6. The highest BCUT2D eigenvalue weighted by Gasteiger charge is 2.32. The maximum Gasteiger partial charge on any atom is 0.314 e. The number of carbonyl (C=O) groups is 1. The lowest BCUT2D eigenvalue weighted by Crippen LogP contribution is -2.42. The van der Waals surface area contributed by atoms with Gasteiger partial charge in [-0.15, -0.1) is 0 Å². The molecule has 1 aromatic rings. The van der Waals surface area contributed by atoms with Gasteiger partial charge < -0.3 is 4.74 Å². The topological polar surface area (TPSA) is 63.7 Å². The molecule has 0 amide bonds. The van der Waals surface area contributed by atoms with Gasteiger partial charge in [0.1, 0.15) is 5.75 Å². The van der Waals surface area contributed by atoms with Crippen LogP contribution in [0, 0.1) is 5.92 Å². The summed E-state index contributed by atoms with van der Waals surface area (Å²) < 4.78 is 31.8. The zero-order chi connectivity index (χ0) is 19.2. The standard InChI is InChI=1S/C20H31NO4S/c1-4-6-15-26(23,24)21-13-11-17(12-14-21)20(22)25-19-10-8-7-9-18(19)16(3)5-2/h7-10,16-17H,4-6,11-15H2,1-3H3. The van der Waals surface area contributed by atoms with Gasteiger partial charge in [0.05, 0.1) is 11.7 Å². The number of esters is 1. The van der Waals surface area contributed by atoms with Crippen LogP contribution in [0.5, 0.6) is 5.75 Å². The van der Waals surface area contributed by atoms with Crippen LogP contribution in [0.2, 0.25) is 0 Å². The predicted octanol–water partition coefficient (Wildman–Crippen LogP) is 3.95. The molecule has 146 valence electrons. The zero-order valence-corrected chi connectivity index (χ0v) is 16.9. The Morgan fingerprint density at radius 1 is 1.23 bits per heavy atom. The van der Waals surface area contributed by atoms with Crippen molar-refractivity contribution >= 4 is 16.0 Å². The molecule has 1 unspecified atom stereocenters. The third kappa shape index (κ3) is 5.30. The average Bonchev–Trinajstić information content (AvgIpc) is 2.66. The van der Waals surface area contributed by atoms with E-state index in [9.17, 15) is 13.2 Å². The Labute approximate surface area is 157 Å². The molecule has 0 radical (unpaired) electrons. The Bertz CT molecular complexity index is 694. The lowest BCUT2D eigenvalue weighted by Gasteiger charge is -2.30. The number of hydrogen-bond donors (Lipinski definition) is 0. The lowest BCUT2D eigenvalue weighted by atomic mass is 9.97. The first kappa shape index (κ1) is 20.9. The smallest absolute Gasteiger partial charge is 0.314 e. The Kier molecular flexibility index (Phi) is 7.65. The molecule has 0 N–H and O–H groups in total. The van der Waals surface area contributed by atoms with Crippen molar-refractivity contribution in [1.29, 1.82) is 0 Å². The highest BCUT2D eigenvalue weighted by Crippen LogP contribution is 2.30. The molecule has 5 nitrogen and oxygen atoms in total. The highest BCUT2D eigenvalue weighted by atomic mass is 32.2. The first-order valence-electron chi connectivity index (χ1n) is 9.67. The number of piperidine rings is 1. The Morgan fingerprint density at radius 2 is 1.88 bits per heavy atom. The summed E-state index contributed by atoms with van der Waals surface area (Å²) in [7, 11) is -3.19. The normalized spacial score (nSPS) is 17.8. The number of nitrogens with zero attached hydrogens (tertiary/aromatic N) is 1. The highest BCUT2D eigenvalue weighted by molar-refractivity contribution is 7.89. The van der Waals surface area contributed by atoms with Crippen LogP contribution in [-0.2, 0) is 14.8 Å². The number of sulfonamides is 1. The van der Waals surface area contributed by atoms with Crippen molar-refractivity contribution in [3.8, 4) is 5.75 Å². The van der Waals surface area contributed by atoms with Crippen LogP contribution in [0.1, 0.15) is 64.4 Å². The van der Waals surface area contributed by atoms with Crippen molar-refractivity contribution in [2.45, 2.75) is 58.8 Å². The fourth-order valence-electron chi connectivity index (χ4n) is 3.22. The minimum atomic E-state index is -3.19. The van der Waals surface area contributed by atoms with E-state index in [0.717, 1.165) is 18.4 Å². The van der Waals surface area contributed by atoms with E-state index < -0.39 is 10.0 Å². The molecule has 6 heteroatoms. The molecule has 0 bridgehead atoms. The van der Waals surface area contributed by atoms with E-state index in [4.69, 9.17) is 4.74 Å². The molecule has 1 aliphatic rings. The zero-order valence-electron chi connectivity index (χ0n) is 16.1. The number of benzene rings is 1. The summed E-state index contributed by atoms with van der Waals surface area (Å²) in [6.45, 7) is 7.01. The van der Waals surface area contributed by atoms with Gasteiger partial charge in [0, 0.05) is 13.1 Å². The molecule has 1 aromatic carbocycles. The van der Waals surface area contributed by atoms with E-state index >= 15 is 0 Å². The molecule has 1 aliphatic heterocycles. The fourth-order valence-corrected chi connectivity index (χ4v) is 4.90. The first-order valence-corrected chi connectivity index (χ1v) is 11.3. The van der Waals surface area contributed by atoms with Gasteiger partial charge in [-0.25, -0.2) is 12.7 Å². The van der Waals surface area contributed by atoms with Crippen LogP contribution in [0.3, 0.4) is 0 Å². The Hall–Kier alpha value is -1.40. The summed E-state index contributed by atoms with van der Waals surface area (Å²) in [5.74, 6) is 0.666. The van der Waals surface area contributed by atoms with Gasteiger partial charge >= 0.3 is 5.97 Å². The molecule has 0 spiro atoms. The number of carbonyl (C=O) groups excluding carboxylic acids is 1. The quantitative estimate of drug-likeness (QED) is 0.505. The summed E-state index contributed by atoms with van der Waals surface area (Å²) in [5.41, 5.74) is 1.04.